The Balaban J connectivity index is 2.08. The predicted octanol–water partition coefficient (Wildman–Crippen LogP) is 2.69. The smallest absolute Gasteiger partial charge is 0.271 e. The van der Waals surface area contributed by atoms with Crippen molar-refractivity contribution in [2.75, 3.05) is 0 Å². The van der Waals surface area contributed by atoms with Crippen molar-refractivity contribution >= 4 is 5.91 Å². The van der Waals surface area contributed by atoms with Crippen LogP contribution in [0, 0.1) is 12.7 Å². The van der Waals surface area contributed by atoms with E-state index in [9.17, 15) is 9.18 Å². The average molecular weight is 296 g/mol. The Kier molecular flexibility index (Phi) is 3.42. The van der Waals surface area contributed by atoms with E-state index in [4.69, 9.17) is 5.73 Å². The Bertz CT molecular complexity index is 857. The SMILES string of the molecule is Cc1ccc(-c2cccc(-c3n[nH]nc3C(N)=O)c2)cc1F. The molecule has 0 aliphatic carbocycles. The van der Waals surface area contributed by atoms with Crippen LogP contribution in [0.4, 0.5) is 4.39 Å². The average Bonchev–Trinajstić information content (AvgIpc) is 3.00. The molecule has 0 radical (unpaired) electrons. The third-order valence-corrected chi connectivity index (χ3v) is 3.42. The van der Waals surface area contributed by atoms with Gasteiger partial charge in [0.2, 0.25) is 0 Å². The number of aryl methyl sites for hydroxylation is 1. The number of nitrogens with zero attached hydrogens (tertiary/aromatic N) is 2. The van der Waals surface area contributed by atoms with Crippen LogP contribution >= 0.6 is 0 Å². The van der Waals surface area contributed by atoms with Crippen molar-refractivity contribution in [2.45, 2.75) is 6.92 Å². The molecule has 1 aromatic heterocycles. The highest BCUT2D eigenvalue weighted by Gasteiger charge is 2.15. The largest absolute Gasteiger partial charge is 0.364 e. The van der Waals surface area contributed by atoms with Gasteiger partial charge in [-0.15, -0.1) is 0 Å². The van der Waals surface area contributed by atoms with Gasteiger partial charge in [0.25, 0.3) is 5.91 Å². The van der Waals surface area contributed by atoms with Crippen molar-refractivity contribution in [2.24, 2.45) is 5.73 Å². The van der Waals surface area contributed by atoms with E-state index in [1.54, 1.807) is 19.1 Å². The molecular weight excluding hydrogens is 283 g/mol. The van der Waals surface area contributed by atoms with E-state index < -0.39 is 5.91 Å². The van der Waals surface area contributed by atoms with Crippen LogP contribution in [0.25, 0.3) is 22.4 Å². The zero-order chi connectivity index (χ0) is 15.7. The first kappa shape index (κ1) is 13.9. The number of benzene rings is 2. The highest BCUT2D eigenvalue weighted by molar-refractivity contribution is 5.96. The van der Waals surface area contributed by atoms with Gasteiger partial charge in [-0.25, -0.2) is 4.39 Å². The van der Waals surface area contributed by atoms with Gasteiger partial charge < -0.3 is 5.73 Å². The lowest BCUT2D eigenvalue weighted by atomic mass is 10.00. The minimum absolute atomic E-state index is 0.0761. The zero-order valence-corrected chi connectivity index (χ0v) is 11.8. The van der Waals surface area contributed by atoms with Crippen LogP contribution in [-0.4, -0.2) is 21.3 Å². The molecule has 0 saturated heterocycles. The Hall–Kier alpha value is -3.02. The third-order valence-electron chi connectivity index (χ3n) is 3.42. The Labute approximate surface area is 126 Å². The molecule has 0 bridgehead atoms. The van der Waals surface area contributed by atoms with Crippen LogP contribution < -0.4 is 5.73 Å². The number of amides is 1. The number of nitrogens with two attached hydrogens (primary N) is 1. The van der Waals surface area contributed by atoms with Crippen molar-refractivity contribution < 1.29 is 9.18 Å². The summed E-state index contributed by atoms with van der Waals surface area (Å²) in [6, 6.07) is 12.3. The highest BCUT2D eigenvalue weighted by atomic mass is 19.1. The molecule has 0 atom stereocenters. The van der Waals surface area contributed by atoms with Crippen molar-refractivity contribution in [1.82, 2.24) is 15.4 Å². The first-order chi connectivity index (χ1) is 10.6. The van der Waals surface area contributed by atoms with Gasteiger partial charge in [0.1, 0.15) is 11.5 Å². The summed E-state index contributed by atoms with van der Waals surface area (Å²) in [7, 11) is 0. The summed E-state index contributed by atoms with van der Waals surface area (Å²) >= 11 is 0. The fraction of sp³-hybridized carbons (Fsp3) is 0.0625. The van der Waals surface area contributed by atoms with Crippen LogP contribution in [0.15, 0.2) is 42.5 Å². The van der Waals surface area contributed by atoms with Crippen LogP contribution in [0.5, 0.6) is 0 Å². The number of H-pyrrole nitrogens is 1. The third kappa shape index (κ3) is 2.46. The zero-order valence-electron chi connectivity index (χ0n) is 11.8. The maximum atomic E-state index is 13.7. The number of hydrogen-bond donors (Lipinski definition) is 2. The standard InChI is InChI=1S/C16H13FN4O/c1-9-5-6-11(8-13(9)17)10-3-2-4-12(7-10)14-15(16(18)22)20-21-19-14/h2-8H,1H3,(H2,18,22)(H,19,20,21). The summed E-state index contributed by atoms with van der Waals surface area (Å²) in [4.78, 5) is 11.3. The number of aromatic amines is 1. The second-order valence-electron chi connectivity index (χ2n) is 4.93. The molecule has 3 aromatic rings. The molecule has 0 aliphatic rings. The van der Waals surface area contributed by atoms with Gasteiger partial charge in [0.15, 0.2) is 5.69 Å². The van der Waals surface area contributed by atoms with Crippen molar-refractivity contribution in [1.29, 1.82) is 0 Å². The minimum atomic E-state index is -0.657. The topological polar surface area (TPSA) is 84.7 Å². The molecule has 6 heteroatoms. The van der Waals surface area contributed by atoms with Gasteiger partial charge in [0, 0.05) is 5.56 Å². The quantitative estimate of drug-likeness (QED) is 0.779. The Morgan fingerprint density at radius 1 is 1.09 bits per heavy atom. The molecule has 0 saturated carbocycles. The first-order valence-electron chi connectivity index (χ1n) is 6.64. The van der Waals surface area contributed by atoms with Gasteiger partial charge in [-0.1, -0.05) is 30.3 Å². The molecule has 2 aromatic carbocycles. The van der Waals surface area contributed by atoms with Crippen molar-refractivity contribution in [3.63, 3.8) is 0 Å². The molecule has 3 N–H and O–H groups in total. The fourth-order valence-electron chi connectivity index (χ4n) is 2.22. The fourth-order valence-corrected chi connectivity index (χ4v) is 2.22. The van der Waals surface area contributed by atoms with E-state index >= 15 is 0 Å². The highest BCUT2D eigenvalue weighted by Crippen LogP contribution is 2.27. The van der Waals surface area contributed by atoms with E-state index in [0.717, 1.165) is 11.1 Å². The molecule has 1 heterocycles. The first-order valence-corrected chi connectivity index (χ1v) is 6.64. The van der Waals surface area contributed by atoms with Crippen LogP contribution in [0.2, 0.25) is 0 Å². The van der Waals surface area contributed by atoms with E-state index in [1.807, 2.05) is 24.3 Å². The molecule has 0 spiro atoms. The van der Waals surface area contributed by atoms with Crippen molar-refractivity contribution in [3.8, 4) is 22.4 Å². The lowest BCUT2D eigenvalue weighted by Gasteiger charge is -2.06. The molecule has 3 rings (SSSR count). The maximum Gasteiger partial charge on any atom is 0.271 e. The lowest BCUT2D eigenvalue weighted by molar-refractivity contribution is 0.0996. The van der Waals surface area contributed by atoms with Gasteiger partial charge in [-0.2, -0.15) is 15.4 Å². The molecule has 0 fully saturated rings. The number of primary amides is 1. The van der Waals surface area contributed by atoms with E-state index in [2.05, 4.69) is 15.4 Å². The molecule has 0 unspecified atom stereocenters. The number of carbonyl (C=O) groups excluding carboxylic acids is 1. The molecule has 22 heavy (non-hydrogen) atoms. The van der Waals surface area contributed by atoms with Crippen LogP contribution in [0.3, 0.4) is 0 Å². The number of nitrogens with one attached hydrogen (secondary N) is 1. The summed E-state index contributed by atoms with van der Waals surface area (Å²) in [5.41, 5.74) is 8.55. The molecular formula is C16H13FN4O. The van der Waals surface area contributed by atoms with Gasteiger partial charge in [-0.3, -0.25) is 4.79 Å². The van der Waals surface area contributed by atoms with Gasteiger partial charge in [-0.05, 0) is 35.7 Å². The summed E-state index contributed by atoms with van der Waals surface area (Å²) in [5.74, 6) is -0.919. The number of carbonyl (C=O) groups is 1. The Morgan fingerprint density at radius 2 is 1.82 bits per heavy atom. The van der Waals surface area contributed by atoms with Gasteiger partial charge in [0.05, 0.1) is 0 Å². The molecule has 0 aliphatic heterocycles. The molecule has 5 nitrogen and oxygen atoms in total. The predicted molar refractivity (Wildman–Crippen MR) is 80.5 cm³/mol. The van der Waals surface area contributed by atoms with Crippen LogP contribution in [-0.2, 0) is 0 Å². The lowest BCUT2D eigenvalue weighted by Crippen LogP contribution is -2.12. The van der Waals surface area contributed by atoms with Gasteiger partial charge >= 0.3 is 0 Å². The second-order valence-corrected chi connectivity index (χ2v) is 4.93. The number of aromatic nitrogens is 3. The minimum Gasteiger partial charge on any atom is -0.364 e. The second kappa shape index (κ2) is 5.40. The number of rotatable bonds is 3. The summed E-state index contributed by atoms with van der Waals surface area (Å²) < 4.78 is 13.7. The van der Waals surface area contributed by atoms with Crippen LogP contribution in [0.1, 0.15) is 16.1 Å². The monoisotopic (exact) mass is 296 g/mol. The summed E-state index contributed by atoms with van der Waals surface area (Å²) in [5, 5.41) is 10.1. The summed E-state index contributed by atoms with van der Waals surface area (Å²) in [6.45, 7) is 1.71. The number of halogens is 1. The summed E-state index contributed by atoms with van der Waals surface area (Å²) in [6.07, 6.45) is 0. The van der Waals surface area contributed by atoms with E-state index in [0.29, 0.717) is 16.8 Å². The van der Waals surface area contributed by atoms with Crippen molar-refractivity contribution in [3.05, 3.63) is 59.5 Å². The van der Waals surface area contributed by atoms with E-state index in [-0.39, 0.29) is 11.5 Å². The Morgan fingerprint density at radius 3 is 2.55 bits per heavy atom. The molecule has 1 amide bonds. The normalized spacial score (nSPS) is 10.6. The molecule has 110 valence electrons. The number of hydrogen-bond acceptors (Lipinski definition) is 3. The maximum absolute atomic E-state index is 13.7. The van der Waals surface area contributed by atoms with E-state index in [1.165, 1.54) is 6.07 Å².